The van der Waals surface area contributed by atoms with E-state index in [9.17, 15) is 22.0 Å². The molecule has 1 aromatic rings. The van der Waals surface area contributed by atoms with E-state index in [2.05, 4.69) is 5.32 Å². The molecule has 1 saturated carbocycles. The van der Waals surface area contributed by atoms with Crippen molar-refractivity contribution < 1.29 is 22.0 Å². The van der Waals surface area contributed by atoms with Gasteiger partial charge in [-0.15, -0.1) is 0 Å². The number of carbonyl (C=O) groups excluding carboxylic acids is 1. The van der Waals surface area contributed by atoms with Gasteiger partial charge in [0.15, 0.2) is 0 Å². The second-order valence-corrected chi connectivity index (χ2v) is 7.01. The Labute approximate surface area is 122 Å². The molecule has 0 spiro atoms. The molecule has 0 bridgehead atoms. The Balaban J connectivity index is 2.23. The van der Waals surface area contributed by atoms with Gasteiger partial charge in [0, 0.05) is 5.92 Å². The highest BCUT2D eigenvalue weighted by molar-refractivity contribution is 7.91. The Morgan fingerprint density at radius 2 is 1.76 bits per heavy atom. The molecular formula is C14H17F2NO3S. The number of hydrogen-bond donors (Lipinski definition) is 1. The lowest BCUT2D eigenvalue weighted by atomic mass is 9.88. The summed E-state index contributed by atoms with van der Waals surface area (Å²) in [7, 11) is -4.73. The lowest BCUT2D eigenvalue weighted by molar-refractivity contribution is -0.120. The first-order chi connectivity index (χ1) is 9.93. The van der Waals surface area contributed by atoms with Gasteiger partial charge >= 0.3 is 5.76 Å². The summed E-state index contributed by atoms with van der Waals surface area (Å²) in [5, 5.41) is 2.49. The van der Waals surface area contributed by atoms with E-state index in [1.807, 2.05) is 0 Å². The number of amides is 1. The normalized spacial score (nSPS) is 16.9. The summed E-state index contributed by atoms with van der Waals surface area (Å²) in [6, 6.07) is 5.26. The minimum Gasteiger partial charge on any atom is -0.325 e. The number of anilines is 1. The van der Waals surface area contributed by atoms with Crippen molar-refractivity contribution in [1.29, 1.82) is 0 Å². The summed E-state index contributed by atoms with van der Waals surface area (Å²) in [5.74, 6) is -3.99. The number of alkyl halides is 2. The van der Waals surface area contributed by atoms with Crippen LogP contribution in [0, 0.1) is 5.92 Å². The molecule has 0 saturated heterocycles. The summed E-state index contributed by atoms with van der Waals surface area (Å²) >= 11 is 0. The summed E-state index contributed by atoms with van der Waals surface area (Å²) in [4.78, 5) is 11.6. The lowest BCUT2D eigenvalue weighted by Crippen LogP contribution is -2.26. The van der Waals surface area contributed by atoms with Crippen LogP contribution in [0.4, 0.5) is 14.5 Å². The number of nitrogens with one attached hydrogen (secondary N) is 1. The second kappa shape index (κ2) is 6.51. The third-order valence-electron chi connectivity index (χ3n) is 3.66. The molecule has 0 aliphatic heterocycles. The zero-order valence-electron chi connectivity index (χ0n) is 11.4. The average molecular weight is 317 g/mol. The number of hydrogen-bond acceptors (Lipinski definition) is 3. The molecule has 4 nitrogen and oxygen atoms in total. The van der Waals surface area contributed by atoms with Gasteiger partial charge in [0.2, 0.25) is 15.7 Å². The predicted molar refractivity (Wildman–Crippen MR) is 74.8 cm³/mol. The van der Waals surface area contributed by atoms with Crippen molar-refractivity contribution in [3.63, 3.8) is 0 Å². The van der Waals surface area contributed by atoms with Crippen molar-refractivity contribution in [3.8, 4) is 0 Å². The van der Waals surface area contributed by atoms with Crippen LogP contribution < -0.4 is 5.32 Å². The smallest absolute Gasteiger partial charge is 0.325 e. The van der Waals surface area contributed by atoms with Crippen molar-refractivity contribution >= 4 is 21.4 Å². The Morgan fingerprint density at radius 1 is 1.14 bits per heavy atom. The maximum Gasteiger partial charge on any atom is 0.341 e. The number of para-hydroxylation sites is 1. The highest BCUT2D eigenvalue weighted by atomic mass is 32.2. The number of carbonyl (C=O) groups is 1. The zero-order chi connectivity index (χ0) is 15.5. The number of sulfone groups is 1. The fourth-order valence-corrected chi connectivity index (χ4v) is 3.40. The van der Waals surface area contributed by atoms with E-state index in [1.54, 1.807) is 0 Å². The van der Waals surface area contributed by atoms with E-state index in [-0.39, 0.29) is 17.5 Å². The third-order valence-corrected chi connectivity index (χ3v) is 5.10. The average Bonchev–Trinajstić information content (AvgIpc) is 2.48. The van der Waals surface area contributed by atoms with Crippen LogP contribution in [0.5, 0.6) is 0 Å². The fraction of sp³-hybridized carbons (Fsp3) is 0.500. The van der Waals surface area contributed by atoms with Crippen molar-refractivity contribution in [3.05, 3.63) is 24.3 Å². The molecule has 0 unspecified atom stereocenters. The minimum atomic E-state index is -4.73. The van der Waals surface area contributed by atoms with Crippen molar-refractivity contribution in [1.82, 2.24) is 0 Å². The largest absolute Gasteiger partial charge is 0.341 e. The van der Waals surface area contributed by atoms with E-state index in [0.29, 0.717) is 0 Å². The first kappa shape index (κ1) is 15.9. The van der Waals surface area contributed by atoms with E-state index in [0.717, 1.165) is 38.2 Å². The first-order valence-electron chi connectivity index (χ1n) is 6.85. The standard InChI is InChI=1S/C14H17F2NO3S/c15-14(16)21(19,20)12-9-5-4-8-11(12)17-13(18)10-6-2-1-3-7-10/h4-5,8-10,14H,1-3,6-7H2,(H,17,18). The van der Waals surface area contributed by atoms with Crippen LogP contribution in [0.2, 0.25) is 0 Å². The molecule has 0 radical (unpaired) electrons. The van der Waals surface area contributed by atoms with Gasteiger partial charge < -0.3 is 5.32 Å². The van der Waals surface area contributed by atoms with Crippen LogP contribution in [0.3, 0.4) is 0 Å². The van der Waals surface area contributed by atoms with Crippen LogP contribution in [-0.2, 0) is 14.6 Å². The molecule has 2 rings (SSSR count). The van der Waals surface area contributed by atoms with Gasteiger partial charge in [-0.05, 0) is 25.0 Å². The molecule has 21 heavy (non-hydrogen) atoms. The molecule has 1 aliphatic carbocycles. The molecule has 116 valence electrons. The molecule has 1 fully saturated rings. The molecule has 0 aromatic heterocycles. The molecule has 0 atom stereocenters. The van der Waals surface area contributed by atoms with Gasteiger partial charge in [0.1, 0.15) is 0 Å². The van der Waals surface area contributed by atoms with Crippen molar-refractivity contribution in [2.45, 2.75) is 42.8 Å². The Hall–Kier alpha value is -1.50. The molecule has 1 N–H and O–H groups in total. The van der Waals surface area contributed by atoms with E-state index in [1.165, 1.54) is 18.2 Å². The topological polar surface area (TPSA) is 63.2 Å². The van der Waals surface area contributed by atoms with Gasteiger partial charge in [-0.3, -0.25) is 4.79 Å². The van der Waals surface area contributed by atoms with Gasteiger partial charge in [0.25, 0.3) is 0 Å². The Kier molecular flexibility index (Phi) is 4.92. The maximum atomic E-state index is 12.7. The monoisotopic (exact) mass is 317 g/mol. The van der Waals surface area contributed by atoms with Crippen molar-refractivity contribution in [2.75, 3.05) is 5.32 Å². The fourth-order valence-electron chi connectivity index (χ4n) is 2.51. The summed E-state index contributed by atoms with van der Waals surface area (Å²) < 4.78 is 48.6. The van der Waals surface area contributed by atoms with Crippen LogP contribution >= 0.6 is 0 Å². The SMILES string of the molecule is O=C(Nc1ccccc1S(=O)(=O)C(F)F)C1CCCCC1. The molecule has 1 amide bonds. The van der Waals surface area contributed by atoms with Crippen LogP contribution in [0.1, 0.15) is 32.1 Å². The Morgan fingerprint density at radius 3 is 2.38 bits per heavy atom. The van der Waals surface area contributed by atoms with Gasteiger partial charge in [0.05, 0.1) is 10.6 Å². The van der Waals surface area contributed by atoms with Gasteiger partial charge in [-0.25, -0.2) is 8.42 Å². The minimum absolute atomic E-state index is 0.0756. The van der Waals surface area contributed by atoms with E-state index >= 15 is 0 Å². The maximum absolute atomic E-state index is 12.7. The highest BCUT2D eigenvalue weighted by Crippen LogP contribution is 2.29. The summed E-state index contributed by atoms with van der Waals surface area (Å²) in [6.07, 6.45) is 4.48. The Bertz CT molecular complexity index is 610. The predicted octanol–water partition coefficient (Wildman–Crippen LogP) is 3.20. The van der Waals surface area contributed by atoms with Gasteiger partial charge in [-0.1, -0.05) is 31.4 Å². The zero-order valence-corrected chi connectivity index (χ0v) is 12.2. The first-order valence-corrected chi connectivity index (χ1v) is 8.39. The van der Waals surface area contributed by atoms with Crippen LogP contribution in [0.25, 0.3) is 0 Å². The number of halogens is 2. The second-order valence-electron chi connectivity index (χ2n) is 5.13. The summed E-state index contributed by atoms with van der Waals surface area (Å²) in [6.45, 7) is 0. The quantitative estimate of drug-likeness (QED) is 0.927. The number of rotatable bonds is 4. The van der Waals surface area contributed by atoms with E-state index in [4.69, 9.17) is 0 Å². The van der Waals surface area contributed by atoms with Crippen molar-refractivity contribution in [2.24, 2.45) is 5.92 Å². The van der Waals surface area contributed by atoms with Crippen LogP contribution in [-0.4, -0.2) is 20.1 Å². The lowest BCUT2D eigenvalue weighted by Gasteiger charge is -2.21. The molecule has 0 heterocycles. The molecule has 1 aliphatic rings. The van der Waals surface area contributed by atoms with E-state index < -0.39 is 20.5 Å². The molecular weight excluding hydrogens is 300 g/mol. The number of benzene rings is 1. The highest BCUT2D eigenvalue weighted by Gasteiger charge is 2.30. The molecule has 1 aromatic carbocycles. The van der Waals surface area contributed by atoms with Gasteiger partial charge in [-0.2, -0.15) is 8.78 Å². The summed E-state index contributed by atoms with van der Waals surface area (Å²) in [5.41, 5.74) is -0.0756. The third kappa shape index (κ3) is 3.58. The van der Waals surface area contributed by atoms with Crippen LogP contribution in [0.15, 0.2) is 29.2 Å². The molecule has 7 heteroatoms.